The third-order valence-electron chi connectivity index (χ3n) is 16.6. The van der Waals surface area contributed by atoms with Gasteiger partial charge in [-0.15, -0.1) is 88.5 Å². The number of aromatic carboxylic acids is 2. The van der Waals surface area contributed by atoms with Crippen LogP contribution in [0.2, 0.25) is 0 Å². The first kappa shape index (κ1) is 89.6. The summed E-state index contributed by atoms with van der Waals surface area (Å²) >= 11 is 0. The molecule has 0 saturated heterocycles. The van der Waals surface area contributed by atoms with Gasteiger partial charge in [0.1, 0.15) is 11.4 Å². The van der Waals surface area contributed by atoms with E-state index in [1.807, 2.05) is 109 Å². The zero-order valence-corrected chi connectivity index (χ0v) is 71.2. The molecule has 14 rings (SSSR count). The molecule has 2 unspecified atom stereocenters. The second-order valence-electron chi connectivity index (χ2n) is 25.5. The van der Waals surface area contributed by atoms with E-state index in [0.29, 0.717) is 6.42 Å². The second kappa shape index (κ2) is 45.2. The fourth-order valence-corrected chi connectivity index (χ4v) is 11.6. The van der Waals surface area contributed by atoms with Crippen LogP contribution in [-0.4, -0.2) is 84.4 Å². The topological polar surface area (TPSA) is 228 Å². The Hall–Kier alpha value is -11.3. The van der Waals surface area contributed by atoms with Gasteiger partial charge in [-0.2, -0.15) is 0 Å². The maximum absolute atomic E-state index is 10.1. The number of para-hydroxylation sites is 6. The summed E-state index contributed by atoms with van der Waals surface area (Å²) in [4.78, 5) is 62.0. The minimum atomic E-state index is -0.990. The number of hydrogen-bond acceptors (Lipinski definition) is 15. The Labute approximate surface area is 697 Å². The van der Waals surface area contributed by atoms with Gasteiger partial charge < -0.3 is 45.1 Å². The number of carboxylic acids is 2. The van der Waals surface area contributed by atoms with Crippen molar-refractivity contribution in [3.8, 4) is 33.8 Å². The molecule has 0 aliphatic rings. The smallest absolute Gasteiger partial charge is 0.354 e. The van der Waals surface area contributed by atoms with Crippen molar-refractivity contribution in [3.05, 3.63) is 366 Å². The number of carboxylic acid groups (broad SMARTS) is 2. The third kappa shape index (κ3) is 26.2. The van der Waals surface area contributed by atoms with Gasteiger partial charge in [-0.05, 0) is 183 Å². The number of hydrogen-bond donors (Lipinski definition) is 4. The first-order valence-corrected chi connectivity index (χ1v) is 35.5. The predicted molar refractivity (Wildman–Crippen MR) is 436 cm³/mol. The van der Waals surface area contributed by atoms with E-state index in [4.69, 9.17) is 25.4 Å². The number of rotatable bonds is 16. The van der Waals surface area contributed by atoms with E-state index >= 15 is 0 Å². The summed E-state index contributed by atoms with van der Waals surface area (Å²) in [5.74, 6) is -1.98. The zero-order valence-electron chi connectivity index (χ0n) is 64.0. The molecular formula is C92H88Ir3N11O6-3. The molecule has 0 aliphatic carbocycles. The molecule has 0 aliphatic heterocycles. The number of carbonyl (C=O) groups is 2. The van der Waals surface area contributed by atoms with Crippen LogP contribution >= 0.6 is 0 Å². The number of nitrogens with zero attached hydrogens (tertiary/aromatic N) is 11. The van der Waals surface area contributed by atoms with Crippen LogP contribution in [0.15, 0.2) is 286 Å². The molecule has 4 N–H and O–H groups in total. The van der Waals surface area contributed by atoms with E-state index in [1.54, 1.807) is 38.1 Å². The molecule has 0 spiro atoms. The van der Waals surface area contributed by atoms with Crippen LogP contribution in [-0.2, 0) is 60.3 Å². The van der Waals surface area contributed by atoms with E-state index in [2.05, 4.69) is 258 Å². The van der Waals surface area contributed by atoms with Crippen molar-refractivity contribution in [2.75, 3.05) is 14.7 Å². The van der Waals surface area contributed by atoms with Crippen molar-refractivity contribution in [1.29, 1.82) is 0 Å². The van der Waals surface area contributed by atoms with E-state index in [-0.39, 0.29) is 83.9 Å². The van der Waals surface area contributed by atoms with Gasteiger partial charge in [-0.3, -0.25) is 19.9 Å². The van der Waals surface area contributed by atoms with E-state index < -0.39 is 11.9 Å². The van der Waals surface area contributed by atoms with E-state index in [0.717, 1.165) is 136 Å². The van der Waals surface area contributed by atoms with Crippen molar-refractivity contribution in [2.45, 2.75) is 94.8 Å². The third-order valence-corrected chi connectivity index (χ3v) is 16.6. The summed E-state index contributed by atoms with van der Waals surface area (Å²) in [5, 5.41) is 33.8. The molecule has 0 bridgehead atoms. The van der Waals surface area contributed by atoms with Crippen molar-refractivity contribution in [1.82, 2.24) is 39.9 Å². The van der Waals surface area contributed by atoms with Crippen molar-refractivity contribution < 1.29 is 90.3 Å². The first-order valence-electron chi connectivity index (χ1n) is 35.5. The maximum Gasteiger partial charge on any atom is 0.354 e. The van der Waals surface area contributed by atoms with Gasteiger partial charge in [0.15, 0.2) is 0 Å². The van der Waals surface area contributed by atoms with Gasteiger partial charge >= 0.3 is 11.9 Å². The molecule has 0 saturated carbocycles. The molecule has 17 nitrogen and oxygen atoms in total. The molecule has 0 amide bonds. The van der Waals surface area contributed by atoms with Crippen LogP contribution in [0, 0.1) is 80.5 Å². The van der Waals surface area contributed by atoms with Gasteiger partial charge in [0, 0.05) is 159 Å². The van der Waals surface area contributed by atoms with Gasteiger partial charge in [-0.1, -0.05) is 135 Å². The molecule has 14 aromatic rings. The summed E-state index contributed by atoms with van der Waals surface area (Å²) in [6, 6.07) is 96.7. The zero-order chi connectivity index (χ0) is 77.8. The molecule has 5 aromatic heterocycles. The van der Waals surface area contributed by atoms with E-state index in [1.165, 1.54) is 24.5 Å². The fraction of sp³-hybridized carbons (Fsp3) is 0.152. The minimum Gasteiger partial charge on any atom is -0.477 e. The minimum absolute atomic E-state index is 0. The number of anilines is 9. The second-order valence-corrected chi connectivity index (χ2v) is 25.5. The van der Waals surface area contributed by atoms with Gasteiger partial charge in [0.2, 0.25) is 0 Å². The van der Waals surface area contributed by atoms with Crippen molar-refractivity contribution >= 4 is 63.1 Å². The van der Waals surface area contributed by atoms with Crippen LogP contribution in [0.1, 0.15) is 92.2 Å². The number of benzene rings is 9. The van der Waals surface area contributed by atoms with Crippen LogP contribution in [0.3, 0.4) is 0 Å². The summed E-state index contributed by atoms with van der Waals surface area (Å²) < 4.78 is 0. The standard InChI is InChI=1S/3C25H22N3.2C6H5NO2.C5H12O2.3Ir/c1-18-19(2)27-25(20(3)26-18)21-11-10-16-24(17-21)28(22-12-6-4-7-13-22)23-14-8-5-9-15-23;1-18-14-21(25-20(3)27-19(2)17-26-25)16-24(15-18)28(22-10-6-4-7-11-22)23-12-8-5-9-13-23;1-18-14-15-21(25-20(3)27-19(2)17-26-25)16-24(18)28(22-10-6-4-7-11-22)23-12-8-5-9-13-23;2*8-6(9)5-3-1-2-4-7-5;1-4(6)3-5(2)7;;;/h4-10,12-17H,1-3H3;4-13,15-17H,1-3H3;4-14,16-17H,1-3H3;2*1-4H,(H,8,9);4-7H,3H2,1-2H3;;;/q3*-1;;;;;;. The Bertz CT molecular complexity index is 5030. The summed E-state index contributed by atoms with van der Waals surface area (Å²) in [6.45, 7) is 21.4. The molecule has 112 heavy (non-hydrogen) atoms. The SMILES string of the molecule is CC(O)CC(C)O.Cc1[c-]c(-c2ncc(C)nc2C)cc(N(c2ccccc2)c2ccccc2)c1.Cc1cnc(-c2[c-]cc(C)c(N(c3ccccc3)c3ccccc3)c2)c(C)n1.Cc1nc(C)c(-c2[c-]ccc(N(c3ccccc3)c3ccccc3)c2)nc1C.O=C(O)c1ccccn1.O=C(O)c1ccccn1.[Ir].[Ir].[Ir]. The molecule has 577 valence electrons. The quantitative estimate of drug-likeness (QED) is 0.0659. The number of aliphatic hydroxyl groups excluding tert-OH is 2. The monoisotopic (exact) mass is 2020 g/mol. The number of pyridine rings is 2. The average Bonchev–Trinajstić information content (AvgIpc) is 0.842. The Balaban J connectivity index is 0.000000224. The molecule has 5 heterocycles. The van der Waals surface area contributed by atoms with Gasteiger partial charge in [0.25, 0.3) is 0 Å². The molecule has 20 heteroatoms. The van der Waals surface area contributed by atoms with E-state index in [9.17, 15) is 9.59 Å². The predicted octanol–water partition coefficient (Wildman–Crippen LogP) is 20.7. The Morgan fingerprint density at radius 3 is 1.09 bits per heavy atom. The van der Waals surface area contributed by atoms with Crippen LogP contribution in [0.25, 0.3) is 33.8 Å². The Morgan fingerprint density at radius 2 is 0.723 bits per heavy atom. The molecule has 0 fully saturated rings. The van der Waals surface area contributed by atoms with Gasteiger partial charge in [-0.25, -0.2) is 19.6 Å². The van der Waals surface area contributed by atoms with Crippen molar-refractivity contribution in [2.24, 2.45) is 0 Å². The van der Waals surface area contributed by atoms with Crippen LogP contribution < -0.4 is 14.7 Å². The normalized spacial score (nSPS) is 10.6. The van der Waals surface area contributed by atoms with Crippen LogP contribution in [0.5, 0.6) is 0 Å². The maximum atomic E-state index is 10.1. The largest absolute Gasteiger partial charge is 0.477 e. The summed E-state index contributed by atoms with van der Waals surface area (Å²) in [5.41, 5.74) is 24.2. The fourth-order valence-electron chi connectivity index (χ4n) is 11.6. The molecule has 9 aromatic carbocycles. The van der Waals surface area contributed by atoms with Gasteiger partial charge in [0.05, 0.1) is 29.3 Å². The average molecular weight is 2020 g/mol. The van der Waals surface area contributed by atoms with Crippen molar-refractivity contribution in [3.63, 3.8) is 0 Å². The number of aromatic nitrogens is 8. The number of aliphatic hydroxyl groups is 2. The number of aryl methyl sites for hydroxylation is 9. The van der Waals surface area contributed by atoms with Crippen LogP contribution in [0.4, 0.5) is 51.2 Å². The Kier molecular flexibility index (Phi) is 36.1. The summed E-state index contributed by atoms with van der Waals surface area (Å²) in [6.07, 6.45) is 6.24. The molecule has 3 radical (unpaired) electrons. The molecular weight excluding hydrogens is 1930 g/mol. The molecule has 2 atom stereocenters. The first-order chi connectivity index (χ1) is 52.6. The summed E-state index contributed by atoms with van der Waals surface area (Å²) in [7, 11) is 0. The Morgan fingerprint density at radius 1 is 0.366 bits per heavy atom.